The highest BCUT2D eigenvalue weighted by Crippen LogP contribution is 2.31. The zero-order valence-electron chi connectivity index (χ0n) is 11.5. The van der Waals surface area contributed by atoms with E-state index in [4.69, 9.17) is 22.1 Å². The third-order valence-electron chi connectivity index (χ3n) is 3.75. The number of methoxy groups -OCH3 is 1. The zero-order valence-corrected chi connectivity index (χ0v) is 13.1. The third kappa shape index (κ3) is 3.99. The summed E-state index contributed by atoms with van der Waals surface area (Å²) in [6, 6.07) is 5.98. The summed E-state index contributed by atoms with van der Waals surface area (Å²) in [6.45, 7) is 6.12. The number of nitrogens with zero attached hydrogens (tertiary/aromatic N) is 1. The molecule has 0 amide bonds. The average molecular weight is 305 g/mol. The molecule has 0 bridgehead atoms. The van der Waals surface area contributed by atoms with Crippen molar-refractivity contribution in [2.45, 2.75) is 19.9 Å². The molecule has 0 saturated carbocycles. The van der Waals surface area contributed by atoms with Crippen LogP contribution in [-0.4, -0.2) is 31.6 Å². The zero-order chi connectivity index (χ0) is 13.2. The van der Waals surface area contributed by atoms with Gasteiger partial charge in [0, 0.05) is 13.1 Å². The first kappa shape index (κ1) is 16.6. The summed E-state index contributed by atoms with van der Waals surface area (Å²) in [5.41, 5.74) is 7.32. The van der Waals surface area contributed by atoms with Crippen molar-refractivity contribution in [3.8, 4) is 5.75 Å². The number of hydrogen-bond donors (Lipinski definition) is 1. The van der Waals surface area contributed by atoms with Crippen LogP contribution in [0.2, 0.25) is 5.02 Å². The summed E-state index contributed by atoms with van der Waals surface area (Å²) >= 11 is 6.13. The molecule has 0 aliphatic carbocycles. The molecule has 2 rings (SSSR count). The predicted molar refractivity (Wildman–Crippen MR) is 82.3 cm³/mol. The maximum absolute atomic E-state index is 6.13. The number of nitrogens with two attached hydrogens (primary N) is 1. The fourth-order valence-electron chi connectivity index (χ4n) is 2.49. The van der Waals surface area contributed by atoms with Crippen LogP contribution in [0.15, 0.2) is 18.2 Å². The summed E-state index contributed by atoms with van der Waals surface area (Å²) in [7, 11) is 1.63. The fraction of sp³-hybridized carbons (Fsp3) is 0.571. The van der Waals surface area contributed by atoms with Gasteiger partial charge in [0.25, 0.3) is 0 Å². The maximum Gasteiger partial charge on any atom is 0.137 e. The summed E-state index contributed by atoms with van der Waals surface area (Å²) in [6.07, 6.45) is 1.17. The minimum absolute atomic E-state index is 0. The second kappa shape index (κ2) is 6.80. The van der Waals surface area contributed by atoms with Gasteiger partial charge in [-0.2, -0.15) is 0 Å². The minimum Gasteiger partial charge on any atom is -0.495 e. The van der Waals surface area contributed by atoms with E-state index < -0.39 is 0 Å². The van der Waals surface area contributed by atoms with E-state index in [1.807, 2.05) is 12.1 Å². The molecular weight excluding hydrogens is 283 g/mol. The molecule has 1 aliphatic rings. The number of likely N-dealkylation sites (tertiary alicyclic amines) is 1. The molecule has 3 nitrogen and oxygen atoms in total. The molecule has 0 spiro atoms. The molecule has 1 unspecified atom stereocenters. The highest BCUT2D eigenvalue weighted by molar-refractivity contribution is 6.32. The van der Waals surface area contributed by atoms with Gasteiger partial charge in [0.2, 0.25) is 0 Å². The van der Waals surface area contributed by atoms with Gasteiger partial charge >= 0.3 is 0 Å². The van der Waals surface area contributed by atoms with E-state index in [0.29, 0.717) is 5.02 Å². The lowest BCUT2D eigenvalue weighted by molar-refractivity contribution is 0.274. The van der Waals surface area contributed by atoms with Gasteiger partial charge in [0.1, 0.15) is 5.75 Å². The molecule has 2 N–H and O–H groups in total. The lowest BCUT2D eigenvalue weighted by Gasteiger charge is -2.22. The predicted octanol–water partition coefficient (Wildman–Crippen LogP) is 2.94. The Bertz CT molecular complexity index is 428. The Kier molecular flexibility index (Phi) is 5.93. The smallest absolute Gasteiger partial charge is 0.137 e. The Hall–Kier alpha value is -0.480. The Morgan fingerprint density at radius 3 is 2.74 bits per heavy atom. The summed E-state index contributed by atoms with van der Waals surface area (Å²) < 4.78 is 5.16. The molecule has 1 aromatic rings. The first-order valence-corrected chi connectivity index (χ1v) is 6.69. The largest absolute Gasteiger partial charge is 0.495 e. The van der Waals surface area contributed by atoms with E-state index in [9.17, 15) is 0 Å². The van der Waals surface area contributed by atoms with E-state index in [1.165, 1.54) is 12.0 Å². The quantitative estimate of drug-likeness (QED) is 0.929. The molecule has 1 atom stereocenters. The van der Waals surface area contributed by atoms with Crippen molar-refractivity contribution in [3.05, 3.63) is 28.8 Å². The van der Waals surface area contributed by atoms with E-state index in [1.54, 1.807) is 7.11 Å². The molecule has 19 heavy (non-hydrogen) atoms. The van der Waals surface area contributed by atoms with Crippen molar-refractivity contribution in [1.29, 1.82) is 0 Å². The second-order valence-corrected chi connectivity index (χ2v) is 5.85. The van der Waals surface area contributed by atoms with Crippen LogP contribution in [0.1, 0.15) is 18.9 Å². The van der Waals surface area contributed by atoms with Crippen LogP contribution in [0.4, 0.5) is 0 Å². The Labute approximate surface area is 126 Å². The third-order valence-corrected chi connectivity index (χ3v) is 4.05. The molecule has 0 radical (unpaired) electrons. The molecule has 1 aliphatic heterocycles. The molecule has 5 heteroatoms. The number of rotatable bonds is 4. The van der Waals surface area contributed by atoms with Crippen molar-refractivity contribution in [2.24, 2.45) is 11.1 Å². The van der Waals surface area contributed by atoms with Crippen LogP contribution in [0.5, 0.6) is 5.75 Å². The van der Waals surface area contributed by atoms with Gasteiger partial charge in [-0.15, -0.1) is 12.4 Å². The average Bonchev–Trinajstić information content (AvgIpc) is 2.72. The molecular formula is C14H22Cl2N2O. The van der Waals surface area contributed by atoms with E-state index in [0.717, 1.165) is 31.9 Å². The van der Waals surface area contributed by atoms with Crippen LogP contribution >= 0.6 is 24.0 Å². The lowest BCUT2D eigenvalue weighted by atomic mass is 9.90. The fourth-order valence-corrected chi connectivity index (χ4v) is 2.77. The van der Waals surface area contributed by atoms with Crippen LogP contribution in [0, 0.1) is 5.41 Å². The monoisotopic (exact) mass is 304 g/mol. The van der Waals surface area contributed by atoms with Crippen LogP contribution in [0.25, 0.3) is 0 Å². The van der Waals surface area contributed by atoms with Gasteiger partial charge < -0.3 is 10.5 Å². The van der Waals surface area contributed by atoms with E-state index >= 15 is 0 Å². The first-order valence-electron chi connectivity index (χ1n) is 6.31. The Morgan fingerprint density at radius 2 is 2.21 bits per heavy atom. The first-order chi connectivity index (χ1) is 8.56. The number of hydrogen-bond acceptors (Lipinski definition) is 3. The van der Waals surface area contributed by atoms with Crippen molar-refractivity contribution in [2.75, 3.05) is 26.7 Å². The maximum atomic E-state index is 6.13. The number of benzene rings is 1. The SMILES string of the molecule is COc1ccc(CN2CCC(C)(CN)C2)cc1Cl.Cl. The van der Waals surface area contributed by atoms with Crippen LogP contribution < -0.4 is 10.5 Å². The van der Waals surface area contributed by atoms with Crippen LogP contribution in [-0.2, 0) is 6.54 Å². The van der Waals surface area contributed by atoms with Gasteiger partial charge in [-0.25, -0.2) is 0 Å². The van der Waals surface area contributed by atoms with Crippen molar-refractivity contribution in [1.82, 2.24) is 4.90 Å². The van der Waals surface area contributed by atoms with E-state index in [-0.39, 0.29) is 17.8 Å². The summed E-state index contributed by atoms with van der Waals surface area (Å²) in [4.78, 5) is 2.44. The van der Waals surface area contributed by atoms with Gasteiger partial charge in [-0.1, -0.05) is 24.6 Å². The van der Waals surface area contributed by atoms with Crippen molar-refractivity contribution >= 4 is 24.0 Å². The number of ether oxygens (including phenoxy) is 1. The Morgan fingerprint density at radius 1 is 1.47 bits per heavy atom. The second-order valence-electron chi connectivity index (χ2n) is 5.44. The van der Waals surface area contributed by atoms with Crippen molar-refractivity contribution < 1.29 is 4.74 Å². The summed E-state index contributed by atoms with van der Waals surface area (Å²) in [5, 5.41) is 0.677. The van der Waals surface area contributed by atoms with Crippen molar-refractivity contribution in [3.63, 3.8) is 0 Å². The molecule has 1 aromatic carbocycles. The van der Waals surface area contributed by atoms with Gasteiger partial charge in [-0.05, 0) is 42.6 Å². The Balaban J connectivity index is 0.00000180. The highest BCUT2D eigenvalue weighted by Gasteiger charge is 2.32. The molecule has 1 fully saturated rings. The number of halogens is 2. The molecule has 0 aromatic heterocycles. The highest BCUT2D eigenvalue weighted by atomic mass is 35.5. The van der Waals surface area contributed by atoms with Gasteiger partial charge in [0.15, 0.2) is 0 Å². The van der Waals surface area contributed by atoms with E-state index in [2.05, 4.69) is 17.9 Å². The lowest BCUT2D eigenvalue weighted by Crippen LogP contribution is -2.31. The van der Waals surface area contributed by atoms with Gasteiger partial charge in [-0.3, -0.25) is 4.90 Å². The molecule has 1 heterocycles. The standard InChI is InChI=1S/C14H21ClN2O.ClH/c1-14(9-16)5-6-17(10-14)8-11-3-4-13(18-2)12(15)7-11;/h3-4,7H,5-6,8-10,16H2,1-2H3;1H. The normalized spacial score (nSPS) is 23.2. The minimum atomic E-state index is 0. The summed E-state index contributed by atoms with van der Waals surface area (Å²) in [5.74, 6) is 0.730. The molecule has 108 valence electrons. The topological polar surface area (TPSA) is 38.5 Å². The van der Waals surface area contributed by atoms with Crippen LogP contribution in [0.3, 0.4) is 0 Å². The van der Waals surface area contributed by atoms with Gasteiger partial charge in [0.05, 0.1) is 12.1 Å². The molecule has 1 saturated heterocycles.